The Morgan fingerprint density at radius 2 is 1.65 bits per heavy atom. The second kappa shape index (κ2) is 8.80. The number of hydrogen-bond donors (Lipinski definition) is 0. The van der Waals surface area contributed by atoms with Gasteiger partial charge in [-0.1, -0.05) is 12.1 Å². The first-order valence-corrected chi connectivity index (χ1v) is 6.71. The molecular weight excluding hydrogens is 293 g/mol. The van der Waals surface area contributed by atoms with Gasteiger partial charge in [0, 0.05) is 6.54 Å². The molecule has 0 unspecified atom stereocenters. The van der Waals surface area contributed by atoms with Crippen LogP contribution in [0.15, 0.2) is 24.3 Å². The Hall–Kier alpha value is 0.471. The van der Waals surface area contributed by atoms with Gasteiger partial charge in [0.2, 0.25) is 0 Å². The molecule has 20 heavy (non-hydrogen) atoms. The van der Waals surface area contributed by atoms with Gasteiger partial charge in [-0.25, -0.2) is 0 Å². The topological polar surface area (TPSA) is 12.5 Å². The third-order valence-corrected chi connectivity index (χ3v) is 3.34. The normalized spacial score (nSPS) is 15.9. The Kier molecular flexibility index (Phi) is 8.15. The van der Waals surface area contributed by atoms with Crippen LogP contribution in [-0.4, -0.2) is 38.1 Å². The molecule has 1 aromatic carbocycles. The number of halogens is 3. The molecule has 1 aliphatic heterocycles. The molecule has 0 radical (unpaired) electrons. The molecule has 2 rings (SSSR count). The van der Waals surface area contributed by atoms with Crippen molar-refractivity contribution in [2.75, 3.05) is 26.2 Å². The Labute approximate surface area is 160 Å². The van der Waals surface area contributed by atoms with Crippen LogP contribution in [0.3, 0.4) is 0 Å². The van der Waals surface area contributed by atoms with E-state index in [1.54, 1.807) is 0 Å². The summed E-state index contributed by atoms with van der Waals surface area (Å²) in [6.45, 7) is -1.05. The maximum atomic E-state index is 12.4. The summed E-state index contributed by atoms with van der Waals surface area (Å²) < 4.78 is 42.7. The van der Waals surface area contributed by atoms with Crippen molar-refractivity contribution in [3.8, 4) is 5.75 Å². The van der Waals surface area contributed by atoms with Gasteiger partial charge in [0.25, 0.3) is 0 Å². The van der Waals surface area contributed by atoms with Gasteiger partial charge >= 0.3 is 58.4 Å². The predicted molar refractivity (Wildman–Crippen MR) is 70.9 cm³/mol. The molecule has 1 fully saturated rings. The number of nitrogens with zero attached hydrogens (tertiary/aromatic N) is 1. The van der Waals surface area contributed by atoms with Crippen molar-refractivity contribution < 1.29 is 69.1 Å². The molecule has 2 nitrogen and oxygen atoms in total. The maximum absolute atomic E-state index is 12.4. The molecule has 0 atom stereocenters. The van der Waals surface area contributed by atoms with E-state index in [2.05, 4.69) is 4.90 Å². The molecule has 7 heteroatoms. The molecule has 1 heterocycles. The molecule has 1 aliphatic rings. The van der Waals surface area contributed by atoms with E-state index in [1.807, 2.05) is 0 Å². The number of rotatable bonds is 6. The molecule has 1 saturated heterocycles. The van der Waals surface area contributed by atoms with Crippen molar-refractivity contribution >= 4 is 12.4 Å². The van der Waals surface area contributed by atoms with Gasteiger partial charge in [0.05, 0.1) is 6.61 Å². The SMILES string of the molecule is F[B-](F)(F)c1ccc(OCCCN2CCCC2)cc1.[K+]. The molecule has 1 aromatic rings. The number of benzene rings is 1. The van der Waals surface area contributed by atoms with Gasteiger partial charge in [-0.3, -0.25) is 0 Å². The number of likely N-dealkylation sites (tertiary alicyclic amines) is 1. The van der Waals surface area contributed by atoms with Crippen molar-refractivity contribution in [3.05, 3.63) is 24.3 Å². The monoisotopic (exact) mass is 311 g/mol. The number of hydrogen-bond acceptors (Lipinski definition) is 2. The molecule has 0 bridgehead atoms. The molecule has 0 N–H and O–H groups in total. The van der Waals surface area contributed by atoms with Crippen LogP contribution in [0.5, 0.6) is 5.75 Å². The first-order chi connectivity index (χ1) is 9.05. The molecule has 0 saturated carbocycles. The van der Waals surface area contributed by atoms with Crippen LogP contribution in [0, 0.1) is 0 Å². The average molecular weight is 311 g/mol. The summed E-state index contributed by atoms with van der Waals surface area (Å²) in [7, 11) is 0. The summed E-state index contributed by atoms with van der Waals surface area (Å²) in [5.41, 5.74) is -0.579. The maximum Gasteiger partial charge on any atom is 1.00 e. The van der Waals surface area contributed by atoms with E-state index in [9.17, 15) is 12.9 Å². The van der Waals surface area contributed by atoms with Crippen LogP contribution in [0.1, 0.15) is 19.3 Å². The van der Waals surface area contributed by atoms with E-state index in [0.717, 1.165) is 38.2 Å². The van der Waals surface area contributed by atoms with Gasteiger partial charge in [-0.2, -0.15) is 0 Å². The van der Waals surface area contributed by atoms with Gasteiger partial charge in [-0.15, -0.1) is 5.46 Å². The average Bonchev–Trinajstić information content (AvgIpc) is 2.87. The minimum Gasteiger partial charge on any atom is -0.494 e. The zero-order valence-electron chi connectivity index (χ0n) is 11.8. The fourth-order valence-corrected chi connectivity index (χ4v) is 2.27. The van der Waals surface area contributed by atoms with Crippen LogP contribution < -0.4 is 61.6 Å². The van der Waals surface area contributed by atoms with Crippen molar-refractivity contribution in [3.63, 3.8) is 0 Å². The van der Waals surface area contributed by atoms with Gasteiger partial charge in [-0.05, 0) is 44.5 Å². The van der Waals surface area contributed by atoms with E-state index >= 15 is 0 Å². The van der Waals surface area contributed by atoms with Crippen molar-refractivity contribution in [1.29, 1.82) is 0 Å². The molecular formula is C13H18BF3KNO. The largest absolute Gasteiger partial charge is 1.00 e. The second-order valence-corrected chi connectivity index (χ2v) is 4.89. The van der Waals surface area contributed by atoms with E-state index in [1.165, 1.54) is 25.0 Å². The smallest absolute Gasteiger partial charge is 0.494 e. The van der Waals surface area contributed by atoms with Crippen LogP contribution in [0.2, 0.25) is 0 Å². The molecule has 0 aliphatic carbocycles. The van der Waals surface area contributed by atoms with E-state index in [-0.39, 0.29) is 51.4 Å². The molecule has 0 amide bonds. The summed E-state index contributed by atoms with van der Waals surface area (Å²) in [4.78, 5) is 2.39. The standard InChI is InChI=1S/C13H18BF3NO.K/c15-14(16,17)12-4-6-13(7-5-12)19-11-3-10-18-8-1-2-9-18;/h4-7H,1-3,8-11H2;/q-1;+1. The number of ether oxygens (including phenoxy) is 1. The van der Waals surface area contributed by atoms with E-state index < -0.39 is 12.4 Å². The summed E-state index contributed by atoms with van der Waals surface area (Å²) in [5.74, 6) is 0.505. The summed E-state index contributed by atoms with van der Waals surface area (Å²) in [5, 5.41) is 0. The van der Waals surface area contributed by atoms with Crippen LogP contribution in [0.25, 0.3) is 0 Å². The van der Waals surface area contributed by atoms with E-state index in [4.69, 9.17) is 4.74 Å². The Balaban J connectivity index is 0.00000200. The van der Waals surface area contributed by atoms with Crippen molar-refractivity contribution in [2.24, 2.45) is 0 Å². The molecule has 106 valence electrons. The second-order valence-electron chi connectivity index (χ2n) is 4.89. The third-order valence-electron chi connectivity index (χ3n) is 3.34. The van der Waals surface area contributed by atoms with Crippen molar-refractivity contribution in [1.82, 2.24) is 4.90 Å². The van der Waals surface area contributed by atoms with E-state index in [0.29, 0.717) is 12.4 Å². The molecule has 0 spiro atoms. The minimum absolute atomic E-state index is 0. The van der Waals surface area contributed by atoms with Crippen molar-refractivity contribution in [2.45, 2.75) is 19.3 Å². The fraction of sp³-hybridized carbons (Fsp3) is 0.538. The quantitative estimate of drug-likeness (QED) is 0.524. The van der Waals surface area contributed by atoms with Gasteiger partial charge in [0.1, 0.15) is 5.75 Å². The van der Waals surface area contributed by atoms with Gasteiger partial charge in [0.15, 0.2) is 0 Å². The van der Waals surface area contributed by atoms with Gasteiger partial charge < -0.3 is 22.6 Å². The predicted octanol–water partition coefficient (Wildman–Crippen LogP) is -0.390. The molecule has 0 aromatic heterocycles. The summed E-state index contributed by atoms with van der Waals surface area (Å²) >= 11 is 0. The van der Waals surface area contributed by atoms with Crippen LogP contribution in [0.4, 0.5) is 12.9 Å². The first-order valence-electron chi connectivity index (χ1n) is 6.71. The summed E-state index contributed by atoms with van der Waals surface area (Å²) in [6.07, 6.45) is 3.44. The fourth-order valence-electron chi connectivity index (χ4n) is 2.27. The first kappa shape index (κ1) is 18.5. The Morgan fingerprint density at radius 1 is 1.05 bits per heavy atom. The Bertz CT molecular complexity index is 394. The zero-order valence-corrected chi connectivity index (χ0v) is 14.9. The third kappa shape index (κ3) is 6.07. The minimum atomic E-state index is -4.91. The Morgan fingerprint density at radius 3 is 2.20 bits per heavy atom. The summed E-state index contributed by atoms with van der Waals surface area (Å²) in [6, 6.07) is 4.94. The zero-order chi connectivity index (χ0) is 13.7. The van der Waals surface area contributed by atoms with Crippen LogP contribution >= 0.6 is 0 Å². The van der Waals surface area contributed by atoms with Crippen LogP contribution in [-0.2, 0) is 0 Å².